The van der Waals surface area contributed by atoms with Gasteiger partial charge in [0.1, 0.15) is 17.0 Å². The lowest BCUT2D eigenvalue weighted by atomic mass is 9.97. The molecule has 0 unspecified atom stereocenters. The van der Waals surface area contributed by atoms with Gasteiger partial charge in [0, 0.05) is 19.3 Å². The molecule has 2 heterocycles. The van der Waals surface area contributed by atoms with E-state index < -0.39 is 5.60 Å². The second-order valence-corrected chi connectivity index (χ2v) is 6.66. The average Bonchev–Trinajstić information content (AvgIpc) is 2.52. The van der Waals surface area contributed by atoms with Gasteiger partial charge in [0.2, 0.25) is 0 Å². The van der Waals surface area contributed by atoms with Crippen LogP contribution in [-0.4, -0.2) is 42.7 Å². The highest BCUT2D eigenvalue weighted by molar-refractivity contribution is 5.95. The van der Waals surface area contributed by atoms with E-state index >= 15 is 0 Å². The fraction of sp³-hybridized carbons (Fsp3) is 0.588. The van der Waals surface area contributed by atoms with Gasteiger partial charge in [-0.15, -0.1) is 0 Å². The molecular formula is C17H24N2O4. The van der Waals surface area contributed by atoms with Gasteiger partial charge < -0.3 is 14.4 Å². The van der Waals surface area contributed by atoms with Crippen LogP contribution < -0.4 is 4.90 Å². The Bertz CT molecular complexity index is 572. The number of hydrogen-bond donors (Lipinski definition) is 0. The van der Waals surface area contributed by atoms with Crippen molar-refractivity contribution in [3.63, 3.8) is 0 Å². The molecule has 0 saturated carbocycles. The molecular weight excluding hydrogens is 296 g/mol. The van der Waals surface area contributed by atoms with Crippen molar-refractivity contribution in [2.45, 2.75) is 39.2 Å². The molecule has 126 valence electrons. The molecule has 1 aliphatic rings. The first-order chi connectivity index (χ1) is 10.8. The van der Waals surface area contributed by atoms with E-state index in [1.54, 1.807) is 18.3 Å². The van der Waals surface area contributed by atoms with E-state index in [1.165, 1.54) is 7.11 Å². The Labute approximate surface area is 136 Å². The topological polar surface area (TPSA) is 68.7 Å². The fourth-order valence-electron chi connectivity index (χ4n) is 2.64. The maximum absolute atomic E-state index is 12.4. The zero-order chi connectivity index (χ0) is 17.0. The molecule has 1 aromatic rings. The number of hydrogen-bond acceptors (Lipinski definition) is 6. The van der Waals surface area contributed by atoms with E-state index in [1.807, 2.05) is 25.7 Å². The van der Waals surface area contributed by atoms with Crippen LogP contribution in [0.15, 0.2) is 18.3 Å². The second-order valence-electron chi connectivity index (χ2n) is 6.66. The number of carbonyl (C=O) groups excluding carboxylic acids is 2. The monoisotopic (exact) mass is 320 g/mol. The number of aromatic nitrogens is 1. The lowest BCUT2D eigenvalue weighted by molar-refractivity contribution is -0.146. The predicted molar refractivity (Wildman–Crippen MR) is 86.4 cm³/mol. The maximum Gasteiger partial charge on any atom is 0.342 e. The SMILES string of the molecule is COC(=O)C1CCN(c2ncccc2C(=O)OC(C)(C)C)CC1. The average molecular weight is 320 g/mol. The number of anilines is 1. The molecule has 6 heteroatoms. The van der Waals surface area contributed by atoms with Crippen LogP contribution in [0.4, 0.5) is 5.82 Å². The highest BCUT2D eigenvalue weighted by atomic mass is 16.6. The standard InChI is InChI=1S/C17H24N2O4/c1-17(2,3)23-16(21)13-6-5-9-18-14(13)19-10-7-12(8-11-19)15(20)22-4/h5-6,9,12H,7-8,10-11H2,1-4H3. The highest BCUT2D eigenvalue weighted by Crippen LogP contribution is 2.26. The number of carbonyl (C=O) groups is 2. The zero-order valence-electron chi connectivity index (χ0n) is 14.2. The van der Waals surface area contributed by atoms with Crippen molar-refractivity contribution in [1.82, 2.24) is 4.98 Å². The van der Waals surface area contributed by atoms with Crippen molar-refractivity contribution >= 4 is 17.8 Å². The molecule has 0 spiro atoms. The minimum Gasteiger partial charge on any atom is -0.469 e. The summed E-state index contributed by atoms with van der Waals surface area (Å²) in [6.07, 6.45) is 3.05. The van der Waals surface area contributed by atoms with Crippen LogP contribution in [0.2, 0.25) is 0 Å². The molecule has 0 amide bonds. The van der Waals surface area contributed by atoms with Crippen LogP contribution in [0.5, 0.6) is 0 Å². The van der Waals surface area contributed by atoms with Gasteiger partial charge in [0.15, 0.2) is 0 Å². The summed E-state index contributed by atoms with van der Waals surface area (Å²) in [6.45, 7) is 6.83. The minimum absolute atomic E-state index is 0.0788. The molecule has 6 nitrogen and oxygen atoms in total. The molecule has 1 aliphatic heterocycles. The molecule has 23 heavy (non-hydrogen) atoms. The molecule has 1 fully saturated rings. The van der Waals surface area contributed by atoms with Gasteiger partial charge in [-0.05, 0) is 45.7 Å². The van der Waals surface area contributed by atoms with Crippen molar-refractivity contribution in [2.75, 3.05) is 25.1 Å². The fourth-order valence-corrected chi connectivity index (χ4v) is 2.64. The number of pyridine rings is 1. The summed E-state index contributed by atoms with van der Waals surface area (Å²) in [5, 5.41) is 0. The first-order valence-electron chi connectivity index (χ1n) is 7.83. The maximum atomic E-state index is 12.4. The summed E-state index contributed by atoms with van der Waals surface area (Å²) in [5.41, 5.74) is -0.0961. The smallest absolute Gasteiger partial charge is 0.342 e. The van der Waals surface area contributed by atoms with Gasteiger partial charge in [0.25, 0.3) is 0 Å². The highest BCUT2D eigenvalue weighted by Gasteiger charge is 2.29. The summed E-state index contributed by atoms with van der Waals surface area (Å²) in [5.74, 6) is -0.0104. The lowest BCUT2D eigenvalue weighted by Crippen LogP contribution is -2.38. The number of esters is 2. The Morgan fingerprint density at radius 3 is 2.48 bits per heavy atom. The van der Waals surface area contributed by atoms with E-state index in [4.69, 9.17) is 9.47 Å². The number of rotatable bonds is 3. The lowest BCUT2D eigenvalue weighted by Gasteiger charge is -2.32. The van der Waals surface area contributed by atoms with Gasteiger partial charge in [0.05, 0.1) is 13.0 Å². The third-order valence-electron chi connectivity index (χ3n) is 3.73. The Kier molecular flexibility index (Phi) is 5.23. The summed E-state index contributed by atoms with van der Waals surface area (Å²) in [6, 6.07) is 3.45. The Hall–Kier alpha value is -2.11. The van der Waals surface area contributed by atoms with Crippen molar-refractivity contribution in [3.05, 3.63) is 23.9 Å². The summed E-state index contributed by atoms with van der Waals surface area (Å²) in [7, 11) is 1.41. The summed E-state index contributed by atoms with van der Waals surface area (Å²) < 4.78 is 10.3. The molecule has 1 aromatic heterocycles. The normalized spacial score (nSPS) is 16.1. The van der Waals surface area contributed by atoms with Gasteiger partial charge in [-0.25, -0.2) is 9.78 Å². The Balaban J connectivity index is 2.12. The van der Waals surface area contributed by atoms with Crippen molar-refractivity contribution in [2.24, 2.45) is 5.92 Å². The van der Waals surface area contributed by atoms with Crippen LogP contribution >= 0.6 is 0 Å². The van der Waals surface area contributed by atoms with Gasteiger partial charge in [-0.2, -0.15) is 0 Å². The van der Waals surface area contributed by atoms with Crippen LogP contribution in [-0.2, 0) is 14.3 Å². The second kappa shape index (κ2) is 6.98. The van der Waals surface area contributed by atoms with E-state index in [0.29, 0.717) is 37.3 Å². The molecule has 1 saturated heterocycles. The van der Waals surface area contributed by atoms with E-state index in [0.717, 1.165) is 0 Å². The van der Waals surface area contributed by atoms with Crippen molar-refractivity contribution < 1.29 is 19.1 Å². The molecule has 2 rings (SSSR count). The molecule has 0 bridgehead atoms. The van der Waals surface area contributed by atoms with Crippen molar-refractivity contribution in [1.29, 1.82) is 0 Å². The molecule has 0 N–H and O–H groups in total. The first kappa shape index (κ1) is 17.2. The molecule has 0 aliphatic carbocycles. The Morgan fingerprint density at radius 2 is 1.91 bits per heavy atom. The predicted octanol–water partition coefficient (Wildman–Crippen LogP) is 2.43. The number of ether oxygens (including phenoxy) is 2. The zero-order valence-corrected chi connectivity index (χ0v) is 14.2. The number of nitrogens with zero attached hydrogens (tertiary/aromatic N) is 2. The quantitative estimate of drug-likeness (QED) is 0.797. The van der Waals surface area contributed by atoms with Gasteiger partial charge >= 0.3 is 11.9 Å². The van der Waals surface area contributed by atoms with Gasteiger partial charge in [-0.3, -0.25) is 4.79 Å². The first-order valence-corrected chi connectivity index (χ1v) is 7.83. The third kappa shape index (κ3) is 4.43. The largest absolute Gasteiger partial charge is 0.469 e. The van der Waals surface area contributed by atoms with E-state index in [9.17, 15) is 9.59 Å². The van der Waals surface area contributed by atoms with Crippen LogP contribution in [0.3, 0.4) is 0 Å². The van der Waals surface area contributed by atoms with E-state index in [-0.39, 0.29) is 17.9 Å². The number of piperidine rings is 1. The minimum atomic E-state index is -0.553. The molecule has 0 radical (unpaired) electrons. The summed E-state index contributed by atoms with van der Waals surface area (Å²) in [4.78, 5) is 30.4. The summed E-state index contributed by atoms with van der Waals surface area (Å²) >= 11 is 0. The van der Waals surface area contributed by atoms with Crippen LogP contribution in [0.25, 0.3) is 0 Å². The third-order valence-corrected chi connectivity index (χ3v) is 3.73. The van der Waals surface area contributed by atoms with E-state index in [2.05, 4.69) is 4.98 Å². The van der Waals surface area contributed by atoms with Gasteiger partial charge in [-0.1, -0.05) is 0 Å². The van der Waals surface area contributed by atoms with Crippen LogP contribution in [0.1, 0.15) is 44.0 Å². The number of methoxy groups -OCH3 is 1. The molecule has 0 atom stereocenters. The Morgan fingerprint density at radius 1 is 1.26 bits per heavy atom. The van der Waals surface area contributed by atoms with Crippen molar-refractivity contribution in [3.8, 4) is 0 Å². The molecule has 0 aromatic carbocycles. The van der Waals surface area contributed by atoms with Crippen LogP contribution in [0, 0.1) is 5.92 Å².